The van der Waals surface area contributed by atoms with Crippen molar-refractivity contribution in [1.29, 1.82) is 0 Å². The van der Waals surface area contributed by atoms with Gasteiger partial charge in [0.2, 0.25) is 11.8 Å². The van der Waals surface area contributed by atoms with Gasteiger partial charge in [0.1, 0.15) is 23.8 Å². The van der Waals surface area contributed by atoms with Gasteiger partial charge in [0.15, 0.2) is 0 Å². The molecular weight excluding hydrogens is 997 g/mol. The molecule has 0 aromatic carbocycles. The molecule has 10 fully saturated rings. The maximum absolute atomic E-state index is 14.7. The van der Waals surface area contributed by atoms with Crippen molar-refractivity contribution in [3.05, 3.63) is 24.3 Å². The average molecular weight is 1100 g/mol. The number of alkyl carbamates (subject to hydrolysis) is 2. The number of fused-ring (bicyclic) bond motifs is 4. The van der Waals surface area contributed by atoms with E-state index in [0.29, 0.717) is 49.3 Å². The summed E-state index contributed by atoms with van der Waals surface area (Å²) in [5.41, 5.74) is -2.52. The van der Waals surface area contributed by atoms with Crippen LogP contribution in [0.25, 0.3) is 0 Å². The Hall–Kier alpha value is -3.46. The average Bonchev–Trinajstić information content (AvgIpc) is 3.06. The van der Waals surface area contributed by atoms with Gasteiger partial charge in [0.05, 0.1) is 24.0 Å². The molecule has 14 nitrogen and oxygen atoms in total. The van der Waals surface area contributed by atoms with E-state index in [9.17, 15) is 33.9 Å². The van der Waals surface area contributed by atoms with Crippen LogP contribution >= 0.6 is 0 Å². The van der Waals surface area contributed by atoms with Crippen molar-refractivity contribution in [2.24, 2.45) is 104 Å². The van der Waals surface area contributed by atoms with E-state index in [1.165, 1.54) is 0 Å². The van der Waals surface area contributed by atoms with Crippen molar-refractivity contribution in [1.82, 2.24) is 20.4 Å². The Kier molecular flexibility index (Phi) is 15.5. The van der Waals surface area contributed by atoms with Crippen LogP contribution < -0.4 is 10.6 Å². The van der Waals surface area contributed by atoms with Crippen molar-refractivity contribution in [2.75, 3.05) is 46.4 Å². The monoisotopic (exact) mass is 1090 g/mol. The second-order valence-electron chi connectivity index (χ2n) is 29.4. The third-order valence-electron chi connectivity index (χ3n) is 26.4. The summed E-state index contributed by atoms with van der Waals surface area (Å²) in [5, 5.41) is 17.4. The number of piperidine rings is 2. The number of nitrogens with zero attached hydrogens (tertiary/aromatic N) is 2. The van der Waals surface area contributed by atoms with E-state index in [4.69, 9.17) is 14.2 Å². The molecule has 4 aliphatic heterocycles. The number of methoxy groups -OCH3 is 1. The number of ether oxygens (including phenoxy) is 3. The highest BCUT2D eigenvalue weighted by atomic mass is 16.6. The van der Waals surface area contributed by atoms with Crippen LogP contribution in [0, 0.1) is 104 Å². The van der Waals surface area contributed by atoms with Crippen LogP contribution in [0.15, 0.2) is 24.3 Å². The number of carbonyl (C=O) groups excluding carboxylic acids is 6. The lowest BCUT2D eigenvalue weighted by molar-refractivity contribution is -0.204. The predicted octanol–water partition coefficient (Wildman–Crippen LogP) is 10.1. The van der Waals surface area contributed by atoms with Crippen LogP contribution in [0.1, 0.15) is 171 Å². The Balaban J connectivity index is 0.000000167. The summed E-state index contributed by atoms with van der Waals surface area (Å²) in [7, 11) is 1.79. The standard InChI is InChI=1S/C33H50N2O5.C32H48N2O5/c1-20-11-14-33-15-12-25(39-5)27(33)32(20,4)26(17-31(3,28(36)21(33)2)23-9-7-6-8-10-23)40-30(38)34-29(37)24-19-35-16-13-22(24)18-35;1-19-10-13-32-14-11-24(35)26(32)31(19,4)25(16-30(3,27(36)20(32)2)22-8-6-5-7-9-22)39-29(38)33-28(37)23-18-34-15-12-21(23)17-34/h7,9,20-27H,6,8,10-19H2,1-5H3,(H,34,37,38);6,8,19-23,25-27,36H,5,7,9-18H2,1-4H3,(H,33,37,38)/t20-,21+,22-,23?,24+,25-,26-,27?,31+,32+,33?;19-,20+,21-,22?,23+,25-,26?,27+,30+,31+,32?/m11/s1. The molecule has 0 spiro atoms. The summed E-state index contributed by atoms with van der Waals surface area (Å²) >= 11 is 0. The summed E-state index contributed by atoms with van der Waals surface area (Å²) in [6.07, 6.45) is 22.3. The number of ketones is 2. The number of hydrogen-bond acceptors (Lipinski definition) is 12. The zero-order chi connectivity index (χ0) is 56.2. The zero-order valence-electron chi connectivity index (χ0n) is 49.5. The minimum Gasteiger partial charge on any atom is -0.445 e. The molecule has 6 saturated carbocycles. The van der Waals surface area contributed by atoms with Crippen LogP contribution in [0.4, 0.5) is 9.59 Å². The molecule has 3 N–H and O–H groups in total. The molecule has 8 unspecified atom stereocenters. The minimum absolute atomic E-state index is 0.0229. The molecule has 4 heterocycles. The quantitative estimate of drug-likeness (QED) is 0.206. The molecule has 12 rings (SSSR count). The van der Waals surface area contributed by atoms with Gasteiger partial charge in [0, 0.05) is 79.1 Å². The number of nitrogens with one attached hydrogen (secondary N) is 2. The van der Waals surface area contributed by atoms with Crippen molar-refractivity contribution in [3.8, 4) is 0 Å². The number of aliphatic hydroxyl groups is 1. The molecule has 4 amide bonds. The summed E-state index contributed by atoms with van der Waals surface area (Å²) in [6, 6.07) is 0. The van der Waals surface area contributed by atoms with Crippen LogP contribution in [0.2, 0.25) is 0 Å². The lowest BCUT2D eigenvalue weighted by Crippen LogP contribution is -2.64. The van der Waals surface area contributed by atoms with E-state index in [0.717, 1.165) is 129 Å². The highest BCUT2D eigenvalue weighted by Crippen LogP contribution is 2.71. The summed E-state index contributed by atoms with van der Waals surface area (Å²) in [4.78, 5) is 86.4. The first-order valence-electron chi connectivity index (χ1n) is 31.6. The van der Waals surface area contributed by atoms with Gasteiger partial charge in [-0.15, -0.1) is 0 Å². The number of allylic oxidation sites excluding steroid dienone is 4. The Morgan fingerprint density at radius 1 is 0.646 bits per heavy atom. The van der Waals surface area contributed by atoms with Crippen LogP contribution in [0.3, 0.4) is 0 Å². The van der Waals surface area contributed by atoms with Crippen molar-refractivity contribution in [2.45, 2.75) is 195 Å². The van der Waals surface area contributed by atoms with Crippen molar-refractivity contribution >= 4 is 35.6 Å². The van der Waals surface area contributed by atoms with Crippen molar-refractivity contribution in [3.63, 3.8) is 0 Å². The fourth-order valence-corrected chi connectivity index (χ4v) is 21.2. The largest absolute Gasteiger partial charge is 0.445 e. The maximum atomic E-state index is 14.7. The lowest BCUT2D eigenvalue weighted by Gasteiger charge is -2.63. The Labute approximate surface area is 471 Å². The molecule has 0 aromatic rings. The van der Waals surface area contributed by atoms with Gasteiger partial charge in [0.25, 0.3) is 0 Å². The molecule has 14 heteroatoms. The van der Waals surface area contributed by atoms with E-state index < -0.39 is 46.7 Å². The molecule has 8 bridgehead atoms. The number of amides is 4. The maximum Gasteiger partial charge on any atom is 0.414 e. The highest BCUT2D eigenvalue weighted by molar-refractivity contribution is 5.94. The molecular formula is C65H98N4O10. The molecule has 79 heavy (non-hydrogen) atoms. The van der Waals surface area contributed by atoms with Gasteiger partial charge in [-0.2, -0.15) is 0 Å². The minimum atomic E-state index is -0.692. The molecule has 24 atom stereocenters. The van der Waals surface area contributed by atoms with Gasteiger partial charge in [-0.05, 0) is 174 Å². The first kappa shape index (κ1) is 57.4. The van der Waals surface area contributed by atoms with E-state index >= 15 is 0 Å². The fourth-order valence-electron chi connectivity index (χ4n) is 21.2. The van der Waals surface area contributed by atoms with Gasteiger partial charge in [-0.1, -0.05) is 79.7 Å². The first-order valence-corrected chi connectivity index (χ1v) is 31.6. The fraction of sp³-hybridized carbons (Fsp3) is 0.846. The molecule has 0 aromatic heterocycles. The van der Waals surface area contributed by atoms with Gasteiger partial charge >= 0.3 is 12.2 Å². The number of imide groups is 2. The third kappa shape index (κ3) is 9.19. The highest BCUT2D eigenvalue weighted by Gasteiger charge is 2.71. The first-order chi connectivity index (χ1) is 37.5. The molecule has 0 radical (unpaired) electrons. The third-order valence-corrected chi connectivity index (χ3v) is 26.4. The molecule has 8 aliphatic carbocycles. The van der Waals surface area contributed by atoms with Crippen molar-refractivity contribution < 1.29 is 48.1 Å². The second-order valence-corrected chi connectivity index (χ2v) is 29.4. The van der Waals surface area contributed by atoms with Crippen LogP contribution in [-0.2, 0) is 33.4 Å². The second kappa shape index (κ2) is 21.3. The summed E-state index contributed by atoms with van der Waals surface area (Å²) < 4.78 is 18.9. The topological polar surface area (TPSA) is 181 Å². The Morgan fingerprint density at radius 2 is 1.18 bits per heavy atom. The van der Waals surface area contributed by atoms with Gasteiger partial charge < -0.3 is 29.1 Å². The number of hydrogen-bond donors (Lipinski definition) is 3. The lowest BCUT2D eigenvalue weighted by atomic mass is 9.43. The molecule has 438 valence electrons. The Morgan fingerprint density at radius 3 is 1.70 bits per heavy atom. The van der Waals surface area contributed by atoms with Crippen LogP contribution in [-0.4, -0.2) is 121 Å². The van der Waals surface area contributed by atoms with E-state index in [1.807, 2.05) is 0 Å². The van der Waals surface area contributed by atoms with E-state index in [-0.39, 0.29) is 93.2 Å². The van der Waals surface area contributed by atoms with Crippen LogP contribution in [0.5, 0.6) is 0 Å². The Bertz CT molecular complexity index is 2460. The van der Waals surface area contributed by atoms with E-state index in [1.54, 1.807) is 7.11 Å². The summed E-state index contributed by atoms with van der Waals surface area (Å²) in [5.74, 6) is 0.982. The number of carbonyl (C=O) groups is 6. The predicted molar refractivity (Wildman–Crippen MR) is 300 cm³/mol. The number of Topliss-reactive ketones (excluding diaryl/α,β-unsaturated/α-hetero) is 2. The number of rotatable bonds is 7. The molecule has 12 aliphatic rings. The summed E-state index contributed by atoms with van der Waals surface area (Å²) in [6.45, 7) is 23.0. The normalized spacial score (nSPS) is 50.2. The van der Waals surface area contributed by atoms with Gasteiger partial charge in [-0.3, -0.25) is 29.8 Å². The van der Waals surface area contributed by atoms with Gasteiger partial charge in [-0.25, -0.2) is 9.59 Å². The number of aliphatic hydroxyl groups excluding tert-OH is 1. The zero-order valence-corrected chi connectivity index (χ0v) is 49.5. The molecule has 4 saturated heterocycles. The smallest absolute Gasteiger partial charge is 0.414 e. The van der Waals surface area contributed by atoms with E-state index in [2.05, 4.69) is 100 Å². The SMILES string of the molecule is CO[C@@H]1CCC23CC[C@@H](C)[C@](C)(C12)[C@H](OC(=O)NC(=O)[C@H]1CN2CC[C@@H]1C2)C[C@@](C)(C1C=CCCC1)C(=O)[C@@H]3C.C[C@@H]1CCC23CCC(=O)C2[C@]1(C)[C@H](OC(=O)NC(=O)[C@H]1CN2CC[C@@H]1C2)C[C@@](C)(C1C=CCCC1)[C@@H](O)[C@@H]3C.